The number of ether oxygens (including phenoxy) is 1. The standard InChI is InChI=1S/C41H58N10O2/c1-7-21-50(8-2)39(44)51-28-31(17-20-37(51)43)53-35-19-18-34(32-11-9-10-12-33(32)35)46-40(52)47-38(26-36(42)41(3,4)5)45-30-15-13-29(14-16-30)27-49-24-22-48(6)23-25-49/h9-17,20,28,34-35,42-44H,7-8,18-19,21-27H2,1-6H3,(H2,45,46,47,52). The minimum absolute atomic E-state index is 0.218. The number of aliphatic imine (C=N–C) groups is 1. The number of amides is 2. The average molecular weight is 723 g/mol. The van der Waals surface area contributed by atoms with E-state index in [0.29, 0.717) is 36.7 Å². The predicted molar refractivity (Wildman–Crippen MR) is 213 cm³/mol. The van der Waals surface area contributed by atoms with Gasteiger partial charge in [0.1, 0.15) is 23.2 Å². The molecule has 0 saturated carbocycles. The molecule has 2 aliphatic rings. The van der Waals surface area contributed by atoms with E-state index >= 15 is 0 Å². The Morgan fingerprint density at radius 3 is 2.32 bits per heavy atom. The quantitative estimate of drug-likeness (QED) is 0.111. The van der Waals surface area contributed by atoms with Gasteiger partial charge in [0.25, 0.3) is 0 Å². The largest absolute Gasteiger partial charge is 0.484 e. The van der Waals surface area contributed by atoms with Gasteiger partial charge in [0, 0.05) is 57.9 Å². The van der Waals surface area contributed by atoms with Crippen LogP contribution in [-0.4, -0.2) is 89.1 Å². The fourth-order valence-corrected chi connectivity index (χ4v) is 6.71. The number of fused-ring (bicyclic) bond motifs is 1. The first kappa shape index (κ1) is 39.4. The second kappa shape index (κ2) is 17.8. The molecule has 5 N–H and O–H groups in total. The molecule has 12 heteroatoms. The number of urea groups is 1. The second-order valence-corrected chi connectivity index (χ2v) is 15.2. The summed E-state index contributed by atoms with van der Waals surface area (Å²) in [5, 5.41) is 32.1. The van der Waals surface area contributed by atoms with Crippen molar-refractivity contribution in [1.29, 1.82) is 16.2 Å². The number of carbonyl (C=O) groups is 1. The van der Waals surface area contributed by atoms with E-state index in [2.05, 4.69) is 46.5 Å². The SMILES string of the molecule is CCCN(CC)C(=N)n1cc(OC2CCC(NC(=O)NC(CC(=N)C(C)(C)C)=Nc3ccc(CN4CCN(C)CC4)cc3)c3ccccc32)ccc1=N. The molecule has 1 saturated heterocycles. The average Bonchev–Trinajstić information content (AvgIpc) is 3.13. The zero-order chi connectivity index (χ0) is 38.1. The maximum absolute atomic E-state index is 13.6. The Hall–Kier alpha value is -4.81. The number of nitrogens with one attached hydrogen (secondary N) is 5. The van der Waals surface area contributed by atoms with E-state index in [-0.39, 0.29) is 41.5 Å². The summed E-state index contributed by atoms with van der Waals surface area (Å²) in [6, 6.07) is 19.0. The zero-order valence-corrected chi connectivity index (χ0v) is 32.3. The lowest BCUT2D eigenvalue weighted by molar-refractivity contribution is 0.148. The molecule has 2 amide bonds. The van der Waals surface area contributed by atoms with Crippen LogP contribution in [0.3, 0.4) is 0 Å². The third-order valence-electron chi connectivity index (χ3n) is 10.1. The molecule has 53 heavy (non-hydrogen) atoms. The van der Waals surface area contributed by atoms with E-state index in [9.17, 15) is 4.79 Å². The van der Waals surface area contributed by atoms with Crippen LogP contribution in [0.4, 0.5) is 10.5 Å². The first-order valence-electron chi connectivity index (χ1n) is 18.9. The highest BCUT2D eigenvalue weighted by molar-refractivity contribution is 6.09. The lowest BCUT2D eigenvalue weighted by atomic mass is 9.85. The van der Waals surface area contributed by atoms with Gasteiger partial charge in [-0.05, 0) is 79.6 Å². The number of nitrogens with zero attached hydrogens (tertiary/aromatic N) is 5. The predicted octanol–water partition coefficient (Wildman–Crippen LogP) is 6.67. The van der Waals surface area contributed by atoms with Crippen molar-refractivity contribution in [3.8, 4) is 5.75 Å². The number of carbonyl (C=O) groups excluding carboxylic acids is 1. The van der Waals surface area contributed by atoms with Crippen LogP contribution in [0, 0.1) is 21.6 Å². The number of aromatic nitrogens is 1. The van der Waals surface area contributed by atoms with Crippen LogP contribution in [-0.2, 0) is 6.54 Å². The van der Waals surface area contributed by atoms with Gasteiger partial charge in [0.2, 0.25) is 5.96 Å². The molecule has 2 atom stereocenters. The fraction of sp³-hybridized carbons (Fsp3) is 0.488. The summed E-state index contributed by atoms with van der Waals surface area (Å²) < 4.78 is 8.08. The van der Waals surface area contributed by atoms with Crippen LogP contribution < -0.4 is 20.9 Å². The maximum atomic E-state index is 13.6. The number of hydrogen-bond acceptors (Lipinski definition) is 8. The van der Waals surface area contributed by atoms with Gasteiger partial charge >= 0.3 is 6.03 Å². The summed E-state index contributed by atoms with van der Waals surface area (Å²) in [7, 11) is 2.16. The van der Waals surface area contributed by atoms with Gasteiger partial charge in [0.15, 0.2) is 0 Å². The number of amidine groups is 1. The summed E-state index contributed by atoms with van der Waals surface area (Å²) in [5.74, 6) is 1.26. The number of piperazine rings is 1. The highest BCUT2D eigenvalue weighted by Crippen LogP contribution is 2.38. The van der Waals surface area contributed by atoms with E-state index in [1.165, 1.54) is 5.56 Å². The lowest BCUT2D eigenvalue weighted by Gasteiger charge is -2.32. The molecule has 1 aliphatic carbocycles. The Morgan fingerprint density at radius 1 is 0.962 bits per heavy atom. The summed E-state index contributed by atoms with van der Waals surface area (Å²) in [4.78, 5) is 25.2. The van der Waals surface area contributed by atoms with Crippen molar-refractivity contribution in [3.05, 3.63) is 89.0 Å². The molecule has 0 radical (unpaired) electrons. The van der Waals surface area contributed by atoms with Crippen molar-refractivity contribution < 1.29 is 9.53 Å². The smallest absolute Gasteiger partial charge is 0.320 e. The number of likely N-dealkylation sites (N-methyl/N-ethyl adjacent to an activating group) is 1. The molecular formula is C41H58N10O2. The molecule has 1 fully saturated rings. The van der Waals surface area contributed by atoms with E-state index < -0.39 is 0 Å². The number of rotatable bonds is 11. The van der Waals surface area contributed by atoms with Crippen LogP contribution in [0.1, 0.15) is 89.1 Å². The Kier molecular flexibility index (Phi) is 13.2. The summed E-state index contributed by atoms with van der Waals surface area (Å²) in [5.41, 5.74) is 4.26. The molecule has 2 heterocycles. The van der Waals surface area contributed by atoms with Gasteiger partial charge in [-0.2, -0.15) is 0 Å². The number of benzene rings is 2. The highest BCUT2D eigenvalue weighted by atomic mass is 16.5. The first-order valence-corrected chi connectivity index (χ1v) is 18.9. The maximum Gasteiger partial charge on any atom is 0.320 e. The minimum Gasteiger partial charge on any atom is -0.484 e. The molecule has 12 nitrogen and oxygen atoms in total. The molecule has 1 aromatic heterocycles. The summed E-state index contributed by atoms with van der Waals surface area (Å²) in [6.45, 7) is 16.6. The summed E-state index contributed by atoms with van der Waals surface area (Å²) in [6.07, 6.45) is 3.91. The van der Waals surface area contributed by atoms with Crippen LogP contribution in [0.5, 0.6) is 5.75 Å². The van der Waals surface area contributed by atoms with Gasteiger partial charge in [0.05, 0.1) is 17.9 Å². The Balaban J connectivity index is 1.28. The van der Waals surface area contributed by atoms with Crippen molar-refractivity contribution in [2.45, 2.75) is 79.0 Å². The molecule has 0 bridgehead atoms. The third-order valence-corrected chi connectivity index (χ3v) is 10.1. The molecule has 3 aromatic rings. The summed E-state index contributed by atoms with van der Waals surface area (Å²) >= 11 is 0. The van der Waals surface area contributed by atoms with Gasteiger partial charge < -0.3 is 25.3 Å². The highest BCUT2D eigenvalue weighted by Gasteiger charge is 2.30. The van der Waals surface area contributed by atoms with Crippen LogP contribution >= 0.6 is 0 Å². The Bertz CT molecular complexity index is 1820. The fourth-order valence-electron chi connectivity index (χ4n) is 6.71. The first-order chi connectivity index (χ1) is 25.3. The van der Waals surface area contributed by atoms with Gasteiger partial charge in [-0.3, -0.25) is 25.6 Å². The molecular weight excluding hydrogens is 665 g/mol. The van der Waals surface area contributed by atoms with Gasteiger partial charge in [-0.1, -0.05) is 64.1 Å². The van der Waals surface area contributed by atoms with Crippen molar-refractivity contribution in [1.82, 2.24) is 29.9 Å². The molecule has 2 aromatic carbocycles. The van der Waals surface area contributed by atoms with E-state index in [1.54, 1.807) is 22.9 Å². The zero-order valence-electron chi connectivity index (χ0n) is 32.3. The molecule has 2 unspecified atom stereocenters. The van der Waals surface area contributed by atoms with Crippen molar-refractivity contribution in [2.24, 2.45) is 10.4 Å². The van der Waals surface area contributed by atoms with Gasteiger partial charge in [-0.25, -0.2) is 9.79 Å². The molecule has 284 valence electrons. The lowest BCUT2D eigenvalue weighted by Crippen LogP contribution is -2.43. The van der Waals surface area contributed by atoms with E-state index in [4.69, 9.17) is 26.0 Å². The number of hydrogen-bond donors (Lipinski definition) is 5. The minimum atomic E-state index is -0.367. The van der Waals surface area contributed by atoms with Crippen molar-refractivity contribution in [2.75, 3.05) is 46.3 Å². The topological polar surface area (TPSA) is 149 Å². The van der Waals surface area contributed by atoms with Crippen molar-refractivity contribution >= 4 is 29.2 Å². The van der Waals surface area contributed by atoms with Crippen LogP contribution in [0.2, 0.25) is 0 Å². The molecule has 5 rings (SSSR count). The van der Waals surface area contributed by atoms with E-state index in [1.807, 2.05) is 69.0 Å². The second-order valence-electron chi connectivity index (χ2n) is 15.2. The normalized spacial score (nSPS) is 18.2. The number of pyridine rings is 1. The van der Waals surface area contributed by atoms with Crippen LogP contribution in [0.15, 0.2) is 71.9 Å². The Morgan fingerprint density at radius 2 is 1.66 bits per heavy atom. The monoisotopic (exact) mass is 722 g/mol. The van der Waals surface area contributed by atoms with Gasteiger partial charge in [-0.15, -0.1) is 0 Å². The molecule has 1 aliphatic heterocycles. The van der Waals surface area contributed by atoms with Crippen LogP contribution in [0.25, 0.3) is 0 Å². The third kappa shape index (κ3) is 10.6. The Labute approximate surface area is 314 Å². The van der Waals surface area contributed by atoms with Crippen molar-refractivity contribution in [3.63, 3.8) is 0 Å². The molecule has 0 spiro atoms. The van der Waals surface area contributed by atoms with E-state index in [0.717, 1.165) is 62.5 Å².